The molecule has 0 aliphatic carbocycles. The normalized spacial score (nSPS) is 20.2. The summed E-state index contributed by atoms with van der Waals surface area (Å²) in [5.74, 6) is 0.522. The molecule has 158 valence electrons. The van der Waals surface area contributed by atoms with Crippen molar-refractivity contribution in [1.82, 2.24) is 10.6 Å². The van der Waals surface area contributed by atoms with Gasteiger partial charge >= 0.3 is 12.0 Å². The third-order valence-corrected chi connectivity index (χ3v) is 5.47. The second-order valence-electron chi connectivity index (χ2n) is 7.26. The van der Waals surface area contributed by atoms with E-state index in [-0.39, 0.29) is 18.0 Å². The lowest BCUT2D eigenvalue weighted by Gasteiger charge is -2.36. The molecule has 0 radical (unpaired) electrons. The molecule has 0 saturated carbocycles. The van der Waals surface area contributed by atoms with Crippen LogP contribution in [-0.4, -0.2) is 64.5 Å². The first-order chi connectivity index (χ1) is 14.1. The van der Waals surface area contributed by atoms with Gasteiger partial charge in [0.2, 0.25) is 0 Å². The van der Waals surface area contributed by atoms with Crippen LogP contribution in [0.1, 0.15) is 20.3 Å². The van der Waals surface area contributed by atoms with Crippen molar-refractivity contribution in [3.63, 3.8) is 0 Å². The number of methoxy groups -OCH3 is 1. The zero-order chi connectivity index (χ0) is 20.8. The fraction of sp³-hybridized carbons (Fsp3) is 0.524. The Kier molecular flexibility index (Phi) is 6.98. The molecule has 2 heterocycles. The minimum Gasteiger partial charge on any atom is -0.495 e. The van der Waals surface area contributed by atoms with Crippen molar-refractivity contribution >= 4 is 17.7 Å². The molecule has 3 rings (SSSR count). The van der Waals surface area contributed by atoms with E-state index in [0.29, 0.717) is 30.8 Å². The van der Waals surface area contributed by atoms with Gasteiger partial charge in [-0.1, -0.05) is 19.1 Å². The Morgan fingerprint density at radius 3 is 2.62 bits per heavy atom. The second-order valence-corrected chi connectivity index (χ2v) is 7.26. The first kappa shape index (κ1) is 21.0. The molecule has 0 spiro atoms. The molecule has 29 heavy (non-hydrogen) atoms. The summed E-state index contributed by atoms with van der Waals surface area (Å²) >= 11 is 0. The van der Waals surface area contributed by atoms with Crippen LogP contribution in [0.15, 0.2) is 35.5 Å². The van der Waals surface area contributed by atoms with Crippen LogP contribution < -0.4 is 25.2 Å². The maximum atomic E-state index is 12.5. The van der Waals surface area contributed by atoms with Gasteiger partial charge in [0.1, 0.15) is 12.3 Å². The van der Waals surface area contributed by atoms with E-state index in [1.54, 1.807) is 14.0 Å². The van der Waals surface area contributed by atoms with Gasteiger partial charge in [0, 0.05) is 0 Å². The third-order valence-electron chi connectivity index (χ3n) is 5.47. The van der Waals surface area contributed by atoms with Crippen LogP contribution in [0.5, 0.6) is 5.75 Å². The number of hydrogen-bond donors (Lipinski definition) is 3. The molecule has 0 aromatic heterocycles. The Labute approximate surface area is 171 Å². The highest BCUT2D eigenvalue weighted by molar-refractivity contribution is 5.94. The molecule has 8 nitrogen and oxygen atoms in total. The van der Waals surface area contributed by atoms with Gasteiger partial charge in [-0.05, 0) is 25.5 Å². The number of rotatable bonds is 7. The largest absolute Gasteiger partial charge is 0.495 e. The van der Waals surface area contributed by atoms with Crippen molar-refractivity contribution in [2.45, 2.75) is 26.3 Å². The predicted molar refractivity (Wildman–Crippen MR) is 110 cm³/mol. The SMILES string of the molecule is CCOC(=O)C1=C(C[NH+]2CCN(c3ccccc3OC)CC2)NC(=O)N[C@@H]1CC. The summed E-state index contributed by atoms with van der Waals surface area (Å²) in [6.45, 7) is 8.20. The number of carbonyl (C=O) groups excluding carboxylic acids is 2. The molecule has 1 aromatic rings. The number of nitrogens with zero attached hydrogens (tertiary/aromatic N) is 1. The van der Waals surface area contributed by atoms with Crippen molar-refractivity contribution in [1.29, 1.82) is 0 Å². The summed E-state index contributed by atoms with van der Waals surface area (Å²) in [6.07, 6.45) is 0.641. The van der Waals surface area contributed by atoms with Gasteiger partial charge in [0.15, 0.2) is 0 Å². The third kappa shape index (κ3) is 4.82. The smallest absolute Gasteiger partial charge is 0.338 e. The van der Waals surface area contributed by atoms with Gasteiger partial charge in [-0.15, -0.1) is 0 Å². The van der Waals surface area contributed by atoms with Crippen LogP contribution in [0, 0.1) is 0 Å². The van der Waals surface area contributed by atoms with E-state index in [0.717, 1.165) is 37.6 Å². The van der Waals surface area contributed by atoms with Crippen LogP contribution in [0.4, 0.5) is 10.5 Å². The highest BCUT2D eigenvalue weighted by Gasteiger charge is 2.34. The van der Waals surface area contributed by atoms with Gasteiger partial charge in [0.05, 0.1) is 62.9 Å². The van der Waals surface area contributed by atoms with Crippen molar-refractivity contribution in [2.24, 2.45) is 0 Å². The first-order valence-corrected chi connectivity index (χ1v) is 10.3. The Hall–Kier alpha value is -2.74. The first-order valence-electron chi connectivity index (χ1n) is 10.3. The number of carbonyl (C=O) groups is 2. The lowest BCUT2D eigenvalue weighted by Crippen LogP contribution is -3.15. The van der Waals surface area contributed by atoms with Gasteiger partial charge < -0.3 is 29.9 Å². The van der Waals surface area contributed by atoms with Gasteiger partial charge in [-0.25, -0.2) is 9.59 Å². The maximum Gasteiger partial charge on any atom is 0.338 e. The standard InChI is InChI=1S/C21H30N4O4/c1-4-15-19(20(26)29-5-2)16(23-21(27)22-15)14-24-10-12-25(13-11-24)17-8-6-7-9-18(17)28-3/h6-9,15H,4-5,10-14H2,1-3H3,(H2,22,23,27)/p+1/t15-/m1/s1. The Bertz CT molecular complexity index is 772. The van der Waals surface area contributed by atoms with E-state index in [2.05, 4.69) is 21.6 Å². The number of benzene rings is 1. The van der Waals surface area contributed by atoms with E-state index in [9.17, 15) is 9.59 Å². The van der Waals surface area contributed by atoms with E-state index in [4.69, 9.17) is 9.47 Å². The number of urea groups is 1. The molecule has 8 heteroatoms. The monoisotopic (exact) mass is 403 g/mol. The zero-order valence-corrected chi connectivity index (χ0v) is 17.4. The number of piperazine rings is 1. The molecule has 1 fully saturated rings. The van der Waals surface area contributed by atoms with Crippen molar-refractivity contribution in [3.8, 4) is 5.75 Å². The number of para-hydroxylation sites is 2. The van der Waals surface area contributed by atoms with E-state index < -0.39 is 0 Å². The fourth-order valence-corrected chi connectivity index (χ4v) is 3.98. The topological polar surface area (TPSA) is 84.3 Å². The number of hydrogen-bond acceptors (Lipinski definition) is 5. The second kappa shape index (κ2) is 9.65. The molecule has 2 aliphatic rings. The highest BCUT2D eigenvalue weighted by Crippen LogP contribution is 2.27. The summed E-state index contributed by atoms with van der Waals surface area (Å²) in [5, 5.41) is 5.68. The van der Waals surface area contributed by atoms with Crippen molar-refractivity contribution < 1.29 is 24.0 Å². The molecule has 1 aromatic carbocycles. The molecule has 3 N–H and O–H groups in total. The number of amides is 2. The molecule has 1 saturated heterocycles. The number of quaternary nitrogens is 1. The van der Waals surface area contributed by atoms with Crippen LogP contribution in [0.25, 0.3) is 0 Å². The summed E-state index contributed by atoms with van der Waals surface area (Å²) < 4.78 is 10.7. The molecular formula is C21H31N4O4+. The quantitative estimate of drug-likeness (QED) is 0.571. The van der Waals surface area contributed by atoms with Crippen molar-refractivity contribution in [2.75, 3.05) is 51.3 Å². The maximum absolute atomic E-state index is 12.5. The molecule has 2 amide bonds. The lowest BCUT2D eigenvalue weighted by molar-refractivity contribution is -0.896. The molecule has 1 atom stereocenters. The molecular weight excluding hydrogens is 372 g/mol. The Morgan fingerprint density at radius 2 is 1.97 bits per heavy atom. The number of esters is 1. The van der Waals surface area contributed by atoms with Gasteiger partial charge in [0.25, 0.3) is 0 Å². The van der Waals surface area contributed by atoms with Crippen molar-refractivity contribution in [3.05, 3.63) is 35.5 Å². The Morgan fingerprint density at radius 1 is 1.24 bits per heavy atom. The average Bonchev–Trinajstić information content (AvgIpc) is 2.74. The summed E-state index contributed by atoms with van der Waals surface area (Å²) in [6, 6.07) is 7.46. The number of ether oxygens (including phenoxy) is 2. The van der Waals surface area contributed by atoms with E-state index in [1.807, 2.05) is 25.1 Å². The average molecular weight is 404 g/mol. The van der Waals surface area contributed by atoms with Gasteiger partial charge in [-0.2, -0.15) is 0 Å². The predicted octanol–water partition coefficient (Wildman–Crippen LogP) is 0.309. The van der Waals surface area contributed by atoms with E-state index in [1.165, 1.54) is 4.90 Å². The van der Waals surface area contributed by atoms with E-state index >= 15 is 0 Å². The summed E-state index contributed by atoms with van der Waals surface area (Å²) in [5.41, 5.74) is 2.33. The van der Waals surface area contributed by atoms with Crippen LogP contribution in [0.2, 0.25) is 0 Å². The van der Waals surface area contributed by atoms with Crippen LogP contribution in [-0.2, 0) is 9.53 Å². The van der Waals surface area contributed by atoms with Crippen LogP contribution >= 0.6 is 0 Å². The minimum absolute atomic E-state index is 0.257. The zero-order valence-electron chi connectivity index (χ0n) is 17.4. The van der Waals surface area contributed by atoms with Crippen LogP contribution in [0.3, 0.4) is 0 Å². The molecule has 2 aliphatic heterocycles. The fourth-order valence-electron chi connectivity index (χ4n) is 3.98. The number of nitrogens with one attached hydrogen (secondary N) is 3. The lowest BCUT2D eigenvalue weighted by atomic mass is 10.00. The molecule has 0 unspecified atom stereocenters. The highest BCUT2D eigenvalue weighted by atomic mass is 16.5. The summed E-state index contributed by atoms with van der Waals surface area (Å²) in [4.78, 5) is 28.3. The molecule has 0 bridgehead atoms. The number of anilines is 1. The van der Waals surface area contributed by atoms with Gasteiger partial charge in [-0.3, -0.25) is 0 Å². The Balaban J connectivity index is 1.71. The minimum atomic E-state index is -0.353. The summed E-state index contributed by atoms with van der Waals surface area (Å²) in [7, 11) is 1.69.